The van der Waals surface area contributed by atoms with Crippen LogP contribution in [-0.4, -0.2) is 28.0 Å². The Bertz CT molecular complexity index is 846. The van der Waals surface area contributed by atoms with Gasteiger partial charge in [-0.2, -0.15) is 0 Å². The van der Waals surface area contributed by atoms with Crippen LogP contribution in [-0.2, 0) is 6.54 Å². The third kappa shape index (κ3) is 3.75. The van der Waals surface area contributed by atoms with E-state index >= 15 is 0 Å². The molecule has 6 nitrogen and oxygen atoms in total. The number of carbonyl (C=O) groups is 1. The quantitative estimate of drug-likeness (QED) is 0.773. The minimum atomic E-state index is -0.205. The Morgan fingerprint density at radius 1 is 1.25 bits per heavy atom. The van der Waals surface area contributed by atoms with Gasteiger partial charge in [-0.3, -0.25) is 4.79 Å². The van der Waals surface area contributed by atoms with Crippen molar-refractivity contribution in [2.75, 3.05) is 7.11 Å². The van der Waals surface area contributed by atoms with Gasteiger partial charge in [-0.25, -0.2) is 15.0 Å². The van der Waals surface area contributed by atoms with Crippen molar-refractivity contribution in [1.29, 1.82) is 0 Å². The number of hydrogen-bond acceptors (Lipinski definition) is 6. The van der Waals surface area contributed by atoms with E-state index in [2.05, 4.69) is 20.3 Å². The summed E-state index contributed by atoms with van der Waals surface area (Å²) in [7, 11) is 1.63. The van der Waals surface area contributed by atoms with Crippen LogP contribution in [0.4, 0.5) is 0 Å². The number of aromatic nitrogens is 3. The van der Waals surface area contributed by atoms with Gasteiger partial charge >= 0.3 is 0 Å². The maximum Gasteiger partial charge on any atom is 0.271 e. The lowest BCUT2D eigenvalue weighted by Gasteiger charge is -2.06. The third-order valence-corrected chi connectivity index (χ3v) is 4.16. The average Bonchev–Trinajstić information content (AvgIpc) is 3.06. The fourth-order valence-electron chi connectivity index (χ4n) is 2.14. The molecule has 0 spiro atoms. The Balaban J connectivity index is 1.69. The summed E-state index contributed by atoms with van der Waals surface area (Å²) in [5.41, 5.74) is 2.92. The number of thiazole rings is 1. The number of ether oxygens (including phenoxy) is 1. The molecule has 0 atom stereocenters. The predicted octanol–water partition coefficient (Wildman–Crippen LogP) is 2.85. The number of methoxy groups -OCH3 is 1. The summed E-state index contributed by atoms with van der Waals surface area (Å²) in [5, 5.41) is 5.43. The molecule has 24 heavy (non-hydrogen) atoms. The number of hydrogen-bond donors (Lipinski definition) is 1. The Morgan fingerprint density at radius 3 is 2.71 bits per heavy atom. The lowest BCUT2D eigenvalue weighted by molar-refractivity contribution is 0.0946. The molecule has 0 aliphatic heterocycles. The van der Waals surface area contributed by atoms with Crippen LogP contribution < -0.4 is 10.1 Å². The minimum Gasteiger partial charge on any atom is -0.497 e. The van der Waals surface area contributed by atoms with Crippen LogP contribution in [0, 0.1) is 6.92 Å². The van der Waals surface area contributed by atoms with E-state index in [-0.39, 0.29) is 5.91 Å². The molecular formula is C17H16N4O2S. The summed E-state index contributed by atoms with van der Waals surface area (Å²) < 4.78 is 5.15. The van der Waals surface area contributed by atoms with Crippen molar-refractivity contribution in [2.45, 2.75) is 13.5 Å². The molecular weight excluding hydrogens is 324 g/mol. The lowest BCUT2D eigenvalue weighted by atomic mass is 10.1. The summed E-state index contributed by atoms with van der Waals surface area (Å²) in [6.07, 6.45) is 1.49. The number of benzene rings is 1. The van der Waals surface area contributed by atoms with Crippen LogP contribution in [0.2, 0.25) is 0 Å². The van der Waals surface area contributed by atoms with Gasteiger partial charge < -0.3 is 10.1 Å². The van der Waals surface area contributed by atoms with Crippen molar-refractivity contribution in [3.8, 4) is 17.0 Å². The summed E-state index contributed by atoms with van der Waals surface area (Å²) in [4.78, 5) is 24.7. The van der Waals surface area contributed by atoms with Gasteiger partial charge in [0.15, 0.2) is 0 Å². The van der Waals surface area contributed by atoms with Crippen LogP contribution in [0.15, 0.2) is 42.0 Å². The number of aryl methyl sites for hydroxylation is 1. The number of amides is 1. The summed E-state index contributed by atoms with van der Waals surface area (Å²) in [6, 6.07) is 9.48. The van der Waals surface area contributed by atoms with Crippen LogP contribution in [0.1, 0.15) is 21.2 Å². The number of nitrogens with one attached hydrogen (secondary N) is 1. The zero-order valence-corrected chi connectivity index (χ0v) is 14.1. The summed E-state index contributed by atoms with van der Waals surface area (Å²) in [6.45, 7) is 2.19. The third-order valence-electron chi connectivity index (χ3n) is 3.39. The first kappa shape index (κ1) is 16.1. The van der Waals surface area contributed by atoms with Crippen molar-refractivity contribution in [2.24, 2.45) is 0 Å². The maximum absolute atomic E-state index is 12.0. The predicted molar refractivity (Wildman–Crippen MR) is 92.0 cm³/mol. The van der Waals surface area contributed by atoms with E-state index in [0.717, 1.165) is 27.7 Å². The van der Waals surface area contributed by atoms with Gasteiger partial charge in [-0.1, -0.05) is 0 Å². The molecule has 2 aromatic heterocycles. The molecule has 0 saturated carbocycles. The van der Waals surface area contributed by atoms with Crippen molar-refractivity contribution in [3.05, 3.63) is 58.4 Å². The van der Waals surface area contributed by atoms with E-state index in [0.29, 0.717) is 12.2 Å². The molecule has 1 aromatic carbocycles. The van der Waals surface area contributed by atoms with Crippen molar-refractivity contribution >= 4 is 17.2 Å². The van der Waals surface area contributed by atoms with Crippen LogP contribution in [0.5, 0.6) is 5.75 Å². The smallest absolute Gasteiger partial charge is 0.271 e. The number of rotatable bonds is 5. The van der Waals surface area contributed by atoms with Crippen LogP contribution >= 0.6 is 11.3 Å². The van der Waals surface area contributed by atoms with Crippen molar-refractivity contribution in [3.63, 3.8) is 0 Å². The Hall–Kier alpha value is -2.80. The average molecular weight is 340 g/mol. The summed E-state index contributed by atoms with van der Waals surface area (Å²) >= 11 is 1.45. The topological polar surface area (TPSA) is 77.0 Å². The van der Waals surface area contributed by atoms with E-state index < -0.39 is 0 Å². The first-order valence-corrected chi connectivity index (χ1v) is 8.19. The Kier molecular flexibility index (Phi) is 4.81. The normalized spacial score (nSPS) is 10.4. The molecule has 0 saturated heterocycles. The molecule has 3 rings (SSSR count). The standard InChI is InChI=1S/C17H16N4O2S/c1-11-21-16(9-24-11)17(22)18-8-13-7-15(20-10-19-13)12-3-5-14(23-2)6-4-12/h3-7,9-10H,8H2,1-2H3,(H,18,22). The first-order valence-electron chi connectivity index (χ1n) is 7.31. The molecule has 1 amide bonds. The van der Waals surface area contributed by atoms with E-state index in [9.17, 15) is 4.79 Å². The van der Waals surface area contributed by atoms with Gasteiger partial charge in [0.25, 0.3) is 5.91 Å². The van der Waals surface area contributed by atoms with E-state index in [1.165, 1.54) is 17.7 Å². The van der Waals surface area contributed by atoms with E-state index in [4.69, 9.17) is 4.74 Å². The number of nitrogens with zero attached hydrogens (tertiary/aromatic N) is 3. The zero-order valence-electron chi connectivity index (χ0n) is 13.3. The van der Waals surface area contributed by atoms with Gasteiger partial charge in [-0.15, -0.1) is 11.3 Å². The van der Waals surface area contributed by atoms with Crippen molar-refractivity contribution < 1.29 is 9.53 Å². The molecule has 0 aliphatic rings. The van der Waals surface area contributed by atoms with Crippen molar-refractivity contribution in [1.82, 2.24) is 20.3 Å². The molecule has 0 bridgehead atoms. The monoisotopic (exact) mass is 340 g/mol. The molecule has 3 aromatic rings. The second kappa shape index (κ2) is 7.18. The highest BCUT2D eigenvalue weighted by Gasteiger charge is 2.09. The molecule has 2 heterocycles. The SMILES string of the molecule is COc1ccc(-c2cc(CNC(=O)c3csc(C)n3)ncn2)cc1. The number of carbonyl (C=O) groups excluding carboxylic acids is 1. The molecule has 0 radical (unpaired) electrons. The minimum absolute atomic E-state index is 0.205. The van der Waals surface area contributed by atoms with Gasteiger partial charge in [0.2, 0.25) is 0 Å². The molecule has 122 valence electrons. The van der Waals surface area contributed by atoms with E-state index in [1.54, 1.807) is 12.5 Å². The highest BCUT2D eigenvalue weighted by molar-refractivity contribution is 7.09. The Labute approximate surface area is 143 Å². The summed E-state index contributed by atoms with van der Waals surface area (Å²) in [5.74, 6) is 0.586. The van der Waals surface area contributed by atoms with Gasteiger partial charge in [0.05, 0.1) is 30.1 Å². The second-order valence-corrected chi connectivity index (χ2v) is 6.12. The lowest BCUT2D eigenvalue weighted by Crippen LogP contribution is -2.23. The fourth-order valence-corrected chi connectivity index (χ4v) is 2.74. The van der Waals surface area contributed by atoms with Crippen LogP contribution in [0.25, 0.3) is 11.3 Å². The molecule has 0 aliphatic carbocycles. The fraction of sp³-hybridized carbons (Fsp3) is 0.176. The molecule has 7 heteroatoms. The van der Waals surface area contributed by atoms with Crippen LogP contribution in [0.3, 0.4) is 0 Å². The molecule has 0 unspecified atom stereocenters. The highest BCUT2D eigenvalue weighted by Crippen LogP contribution is 2.20. The maximum atomic E-state index is 12.0. The highest BCUT2D eigenvalue weighted by atomic mass is 32.1. The van der Waals surface area contributed by atoms with Gasteiger partial charge in [0.1, 0.15) is 17.8 Å². The molecule has 0 fully saturated rings. The van der Waals surface area contributed by atoms with Gasteiger partial charge in [0, 0.05) is 10.9 Å². The molecule has 1 N–H and O–H groups in total. The first-order chi connectivity index (χ1) is 11.7. The largest absolute Gasteiger partial charge is 0.497 e. The van der Waals surface area contributed by atoms with E-state index in [1.807, 2.05) is 37.3 Å². The van der Waals surface area contributed by atoms with Gasteiger partial charge in [-0.05, 0) is 37.3 Å². The second-order valence-electron chi connectivity index (χ2n) is 5.06. The Morgan fingerprint density at radius 2 is 2.04 bits per heavy atom. The zero-order chi connectivity index (χ0) is 16.9.